The molecule has 6 nitrogen and oxygen atoms in total. The van der Waals surface area contributed by atoms with Gasteiger partial charge in [0.05, 0.1) is 5.75 Å². The monoisotopic (exact) mass is 417 g/mol. The van der Waals surface area contributed by atoms with Gasteiger partial charge in [0.15, 0.2) is 5.82 Å². The fourth-order valence-electron chi connectivity index (χ4n) is 3.24. The van der Waals surface area contributed by atoms with Crippen LogP contribution in [0, 0.1) is 13.8 Å². The highest BCUT2D eigenvalue weighted by Gasteiger charge is 2.16. The van der Waals surface area contributed by atoms with Gasteiger partial charge in [-0.2, -0.15) is 0 Å². The molecule has 1 N–H and O–H groups in total. The minimum Gasteiger partial charge on any atom is -0.325 e. The highest BCUT2D eigenvalue weighted by atomic mass is 32.2. The standard InChI is InChI=1S/C23H23N5OS/c1-17-10-11-20(18(2)14-17)24-22(29)16-30-23-26-25-21(15-19-8-4-3-5-9-19)28(23)27-12-6-7-13-27/h3-14H,15-16H2,1-2H3,(H,24,29). The number of amides is 1. The average molecular weight is 418 g/mol. The lowest BCUT2D eigenvalue weighted by molar-refractivity contribution is -0.113. The Morgan fingerprint density at radius 1 is 1.00 bits per heavy atom. The Balaban J connectivity index is 1.50. The highest BCUT2D eigenvalue weighted by Crippen LogP contribution is 2.21. The minimum atomic E-state index is -0.0707. The van der Waals surface area contributed by atoms with Crippen LogP contribution in [-0.2, 0) is 11.2 Å². The van der Waals surface area contributed by atoms with Crippen molar-refractivity contribution < 1.29 is 4.79 Å². The zero-order valence-corrected chi connectivity index (χ0v) is 17.8. The number of nitrogens with zero attached hydrogens (tertiary/aromatic N) is 4. The second-order valence-electron chi connectivity index (χ2n) is 7.09. The summed E-state index contributed by atoms with van der Waals surface area (Å²) in [5.41, 5.74) is 4.21. The molecule has 4 aromatic rings. The van der Waals surface area contributed by atoms with Crippen LogP contribution in [-0.4, -0.2) is 31.2 Å². The van der Waals surface area contributed by atoms with Crippen molar-refractivity contribution in [3.63, 3.8) is 0 Å². The molecule has 0 fully saturated rings. The van der Waals surface area contributed by atoms with Gasteiger partial charge in [0.2, 0.25) is 11.1 Å². The molecule has 0 unspecified atom stereocenters. The molecule has 0 spiro atoms. The van der Waals surface area contributed by atoms with Crippen LogP contribution >= 0.6 is 11.8 Å². The number of rotatable bonds is 7. The SMILES string of the molecule is Cc1ccc(NC(=O)CSc2nnc(Cc3ccccc3)n2-n2cccc2)c(C)c1. The molecule has 2 aromatic heterocycles. The first-order valence-corrected chi connectivity index (χ1v) is 10.7. The van der Waals surface area contributed by atoms with E-state index < -0.39 is 0 Å². The molecule has 0 aliphatic rings. The van der Waals surface area contributed by atoms with Gasteiger partial charge < -0.3 is 5.32 Å². The molecule has 152 valence electrons. The van der Waals surface area contributed by atoms with E-state index in [2.05, 4.69) is 33.7 Å². The summed E-state index contributed by atoms with van der Waals surface area (Å²) < 4.78 is 3.88. The lowest BCUT2D eigenvalue weighted by atomic mass is 10.1. The Kier molecular flexibility index (Phi) is 5.99. The Morgan fingerprint density at radius 2 is 1.77 bits per heavy atom. The fraction of sp³-hybridized carbons (Fsp3) is 0.174. The Hall–Kier alpha value is -3.32. The first-order valence-electron chi connectivity index (χ1n) is 9.72. The summed E-state index contributed by atoms with van der Waals surface area (Å²) in [5, 5.41) is 12.4. The Labute approximate surface area is 179 Å². The number of thioether (sulfide) groups is 1. The van der Waals surface area contributed by atoms with Crippen molar-refractivity contribution >= 4 is 23.4 Å². The second kappa shape index (κ2) is 9.00. The van der Waals surface area contributed by atoms with Gasteiger partial charge in [-0.25, -0.2) is 4.68 Å². The van der Waals surface area contributed by atoms with Gasteiger partial charge in [0, 0.05) is 24.5 Å². The summed E-state index contributed by atoms with van der Waals surface area (Å²) in [4.78, 5) is 12.5. The molecule has 30 heavy (non-hydrogen) atoms. The first kappa shape index (κ1) is 20.0. The van der Waals surface area contributed by atoms with E-state index >= 15 is 0 Å². The summed E-state index contributed by atoms with van der Waals surface area (Å²) in [7, 11) is 0. The van der Waals surface area contributed by atoms with Crippen molar-refractivity contribution in [3.05, 3.63) is 95.6 Å². The average Bonchev–Trinajstić information content (AvgIpc) is 3.39. The number of benzene rings is 2. The van der Waals surface area contributed by atoms with Crippen LogP contribution in [0.1, 0.15) is 22.5 Å². The molecule has 0 radical (unpaired) electrons. The third-order valence-electron chi connectivity index (χ3n) is 4.69. The number of aryl methyl sites for hydroxylation is 2. The van der Waals surface area contributed by atoms with E-state index in [4.69, 9.17) is 0 Å². The summed E-state index contributed by atoms with van der Waals surface area (Å²) in [6.45, 7) is 4.03. The number of aromatic nitrogens is 4. The number of nitrogens with one attached hydrogen (secondary N) is 1. The van der Waals surface area contributed by atoms with Crippen LogP contribution in [0.3, 0.4) is 0 Å². The van der Waals surface area contributed by atoms with Gasteiger partial charge in [-0.3, -0.25) is 9.47 Å². The van der Waals surface area contributed by atoms with Gasteiger partial charge >= 0.3 is 0 Å². The molecule has 0 aliphatic heterocycles. The van der Waals surface area contributed by atoms with Gasteiger partial charge in [-0.1, -0.05) is 59.8 Å². The predicted molar refractivity (Wildman–Crippen MR) is 120 cm³/mol. The molecule has 0 saturated carbocycles. The van der Waals surface area contributed by atoms with Crippen molar-refractivity contribution in [2.75, 3.05) is 11.1 Å². The molecule has 2 heterocycles. The van der Waals surface area contributed by atoms with Gasteiger partial charge in [-0.05, 0) is 43.2 Å². The van der Waals surface area contributed by atoms with Crippen molar-refractivity contribution in [2.24, 2.45) is 0 Å². The topological polar surface area (TPSA) is 64.7 Å². The van der Waals surface area contributed by atoms with Crippen molar-refractivity contribution in [3.8, 4) is 0 Å². The number of carbonyl (C=O) groups excluding carboxylic acids is 1. The zero-order valence-electron chi connectivity index (χ0n) is 16.9. The van der Waals surface area contributed by atoms with E-state index in [0.29, 0.717) is 11.6 Å². The second-order valence-corrected chi connectivity index (χ2v) is 8.03. The number of anilines is 1. The zero-order chi connectivity index (χ0) is 20.9. The summed E-state index contributed by atoms with van der Waals surface area (Å²) in [6.07, 6.45) is 4.54. The van der Waals surface area contributed by atoms with E-state index in [1.54, 1.807) is 0 Å². The minimum absolute atomic E-state index is 0.0707. The van der Waals surface area contributed by atoms with Crippen molar-refractivity contribution in [1.29, 1.82) is 0 Å². The lowest BCUT2D eigenvalue weighted by Gasteiger charge is -2.12. The summed E-state index contributed by atoms with van der Waals surface area (Å²) >= 11 is 1.37. The molecule has 4 rings (SSSR count). The van der Waals surface area contributed by atoms with Gasteiger partial charge in [-0.15, -0.1) is 10.2 Å². The van der Waals surface area contributed by atoms with E-state index in [-0.39, 0.29) is 11.7 Å². The third kappa shape index (κ3) is 4.63. The summed E-state index contributed by atoms with van der Waals surface area (Å²) in [5.74, 6) is 0.992. The molecule has 2 aromatic carbocycles. The molecular formula is C23H23N5OS. The maximum Gasteiger partial charge on any atom is 0.234 e. The van der Waals surface area contributed by atoms with Crippen molar-refractivity contribution in [2.45, 2.75) is 25.4 Å². The third-order valence-corrected chi connectivity index (χ3v) is 5.61. The normalized spacial score (nSPS) is 10.9. The van der Waals surface area contributed by atoms with Crippen LogP contribution in [0.15, 0.2) is 78.2 Å². The molecule has 0 saturated heterocycles. The van der Waals surface area contributed by atoms with Crippen LogP contribution in [0.5, 0.6) is 0 Å². The Morgan fingerprint density at radius 3 is 2.50 bits per heavy atom. The van der Waals surface area contributed by atoms with Crippen LogP contribution < -0.4 is 5.32 Å². The number of hydrogen-bond donors (Lipinski definition) is 1. The van der Waals surface area contributed by atoms with Crippen LogP contribution in [0.25, 0.3) is 0 Å². The highest BCUT2D eigenvalue weighted by molar-refractivity contribution is 7.99. The Bertz CT molecular complexity index is 1140. The molecule has 0 bridgehead atoms. The maximum absolute atomic E-state index is 12.5. The quantitative estimate of drug-likeness (QED) is 0.455. The van der Waals surface area contributed by atoms with Crippen LogP contribution in [0.4, 0.5) is 5.69 Å². The van der Waals surface area contributed by atoms with Crippen molar-refractivity contribution in [1.82, 2.24) is 19.5 Å². The largest absolute Gasteiger partial charge is 0.325 e. The smallest absolute Gasteiger partial charge is 0.234 e. The number of hydrogen-bond acceptors (Lipinski definition) is 4. The molecule has 0 atom stereocenters. The molecule has 1 amide bonds. The molecular weight excluding hydrogens is 394 g/mol. The van der Waals surface area contributed by atoms with Crippen LogP contribution in [0.2, 0.25) is 0 Å². The van der Waals surface area contributed by atoms with Gasteiger partial charge in [0.1, 0.15) is 0 Å². The predicted octanol–water partition coefficient (Wildman–Crippen LogP) is 4.33. The lowest BCUT2D eigenvalue weighted by Crippen LogP contribution is -2.17. The molecule has 7 heteroatoms. The van der Waals surface area contributed by atoms with Gasteiger partial charge in [0.25, 0.3) is 0 Å². The fourth-order valence-corrected chi connectivity index (χ4v) is 3.99. The maximum atomic E-state index is 12.5. The molecule has 0 aliphatic carbocycles. The van der Waals surface area contributed by atoms with E-state index in [1.165, 1.54) is 17.3 Å². The van der Waals surface area contributed by atoms with E-state index in [0.717, 1.165) is 22.6 Å². The van der Waals surface area contributed by atoms with E-state index in [9.17, 15) is 4.79 Å². The number of carbonyl (C=O) groups is 1. The first-order chi connectivity index (χ1) is 14.6. The summed E-state index contributed by atoms with van der Waals surface area (Å²) in [6, 6.07) is 20.1. The van der Waals surface area contributed by atoms with E-state index in [1.807, 2.05) is 78.1 Å².